The number of hydrogen-bond acceptors (Lipinski definition) is 6. The summed E-state index contributed by atoms with van der Waals surface area (Å²) in [4.78, 5) is 43.7. The third kappa shape index (κ3) is 4.30. The Bertz CT molecular complexity index is 1270. The molecule has 1 aromatic heterocycles. The van der Waals surface area contributed by atoms with Crippen LogP contribution in [0.15, 0.2) is 78.6 Å². The maximum absolute atomic E-state index is 13.4. The Morgan fingerprint density at radius 2 is 1.68 bits per heavy atom. The van der Waals surface area contributed by atoms with Gasteiger partial charge < -0.3 is 9.84 Å². The number of carbonyl (C=O) groups excluding carboxylic acids is 3. The topological polar surface area (TPSA) is 96.8 Å². The SMILES string of the molecule is CC(C)OC(=O)c1ccc(N2C(=O)C(=O)/C(=C(/O)c3ccc(F)cc3)C2c2cccnc2)cc1. The zero-order chi connectivity index (χ0) is 24.4. The maximum atomic E-state index is 13.4. The van der Waals surface area contributed by atoms with Crippen molar-refractivity contribution >= 4 is 29.1 Å². The minimum absolute atomic E-state index is 0.145. The number of amides is 1. The molecule has 1 aliphatic rings. The Labute approximate surface area is 195 Å². The van der Waals surface area contributed by atoms with Crippen LogP contribution in [0.25, 0.3) is 5.76 Å². The number of pyridine rings is 1. The first kappa shape index (κ1) is 22.8. The molecule has 1 aliphatic heterocycles. The Morgan fingerprint density at radius 3 is 2.26 bits per heavy atom. The number of rotatable bonds is 5. The van der Waals surface area contributed by atoms with Crippen LogP contribution in [-0.4, -0.2) is 33.9 Å². The molecular formula is C26H21FN2O5. The monoisotopic (exact) mass is 460 g/mol. The average molecular weight is 460 g/mol. The molecule has 0 spiro atoms. The van der Waals surface area contributed by atoms with E-state index in [-0.39, 0.29) is 17.2 Å². The molecule has 1 N–H and O–H groups in total. The van der Waals surface area contributed by atoms with Gasteiger partial charge in [0.15, 0.2) is 0 Å². The number of hydrogen-bond donors (Lipinski definition) is 1. The lowest BCUT2D eigenvalue weighted by Gasteiger charge is -2.25. The largest absolute Gasteiger partial charge is 0.507 e. The summed E-state index contributed by atoms with van der Waals surface area (Å²) in [5.74, 6) is -3.18. The highest BCUT2D eigenvalue weighted by atomic mass is 19.1. The van der Waals surface area contributed by atoms with E-state index >= 15 is 0 Å². The molecular weight excluding hydrogens is 439 g/mol. The molecule has 7 nitrogen and oxygen atoms in total. The minimum atomic E-state index is -0.979. The first-order valence-corrected chi connectivity index (χ1v) is 10.6. The Kier molecular flexibility index (Phi) is 6.23. The Balaban J connectivity index is 1.82. The lowest BCUT2D eigenvalue weighted by atomic mass is 9.96. The minimum Gasteiger partial charge on any atom is -0.507 e. The van der Waals surface area contributed by atoms with Crippen LogP contribution in [0.1, 0.15) is 41.4 Å². The van der Waals surface area contributed by atoms with Crippen LogP contribution in [0.5, 0.6) is 0 Å². The molecule has 2 aromatic carbocycles. The van der Waals surface area contributed by atoms with E-state index in [1.807, 2.05) is 0 Å². The van der Waals surface area contributed by atoms with E-state index in [1.54, 1.807) is 32.2 Å². The van der Waals surface area contributed by atoms with Gasteiger partial charge in [-0.3, -0.25) is 19.5 Å². The van der Waals surface area contributed by atoms with Crippen molar-refractivity contribution in [1.82, 2.24) is 4.98 Å². The van der Waals surface area contributed by atoms with E-state index in [0.717, 1.165) is 12.1 Å². The molecule has 1 atom stereocenters. The zero-order valence-corrected chi connectivity index (χ0v) is 18.4. The predicted molar refractivity (Wildman–Crippen MR) is 122 cm³/mol. The van der Waals surface area contributed by atoms with Crippen molar-refractivity contribution in [2.75, 3.05) is 4.90 Å². The highest BCUT2D eigenvalue weighted by Crippen LogP contribution is 2.41. The fourth-order valence-corrected chi connectivity index (χ4v) is 3.76. The van der Waals surface area contributed by atoms with Crippen LogP contribution in [-0.2, 0) is 14.3 Å². The van der Waals surface area contributed by atoms with Crippen molar-refractivity contribution in [1.29, 1.82) is 0 Å². The predicted octanol–water partition coefficient (Wildman–Crippen LogP) is 4.41. The zero-order valence-electron chi connectivity index (χ0n) is 18.4. The molecule has 4 rings (SSSR count). The molecule has 0 saturated carbocycles. The van der Waals surface area contributed by atoms with Crippen LogP contribution in [0.3, 0.4) is 0 Å². The Hall–Kier alpha value is -4.33. The van der Waals surface area contributed by atoms with Gasteiger partial charge in [-0.2, -0.15) is 0 Å². The van der Waals surface area contributed by atoms with Crippen molar-refractivity contribution < 1.29 is 28.6 Å². The first-order chi connectivity index (χ1) is 16.3. The summed E-state index contributed by atoms with van der Waals surface area (Å²) < 4.78 is 18.6. The van der Waals surface area contributed by atoms with Crippen LogP contribution in [0.2, 0.25) is 0 Å². The van der Waals surface area contributed by atoms with Gasteiger partial charge in [-0.25, -0.2) is 9.18 Å². The number of benzene rings is 2. The van der Waals surface area contributed by atoms with Gasteiger partial charge in [0.05, 0.1) is 23.3 Å². The van der Waals surface area contributed by atoms with E-state index in [9.17, 15) is 23.9 Å². The van der Waals surface area contributed by atoms with Gasteiger partial charge in [-0.1, -0.05) is 6.07 Å². The summed E-state index contributed by atoms with van der Waals surface area (Å²) in [6.45, 7) is 3.47. The number of aliphatic hydroxyl groups excluding tert-OH is 1. The van der Waals surface area contributed by atoms with Crippen molar-refractivity contribution in [3.05, 3.63) is 101 Å². The second-order valence-corrected chi connectivity index (χ2v) is 7.96. The van der Waals surface area contributed by atoms with Crippen LogP contribution < -0.4 is 4.90 Å². The van der Waals surface area contributed by atoms with Crippen molar-refractivity contribution in [3.63, 3.8) is 0 Å². The highest BCUT2D eigenvalue weighted by Gasteiger charge is 2.47. The number of nitrogens with zero attached hydrogens (tertiary/aromatic N) is 2. The molecule has 172 valence electrons. The van der Waals surface area contributed by atoms with Crippen molar-refractivity contribution in [3.8, 4) is 0 Å². The number of carbonyl (C=O) groups is 3. The molecule has 0 radical (unpaired) electrons. The standard InChI is InChI=1S/C26H21FN2O5/c1-15(2)34-26(33)17-7-11-20(12-8-17)29-22(18-4-3-13-28-14-18)21(24(31)25(29)32)23(30)16-5-9-19(27)10-6-16/h3-15,22,30H,1-2H3/b23-21+. The van der Waals surface area contributed by atoms with Gasteiger partial charge in [-0.05, 0) is 74.0 Å². The second kappa shape index (κ2) is 9.27. The fourth-order valence-electron chi connectivity index (χ4n) is 3.76. The number of esters is 1. The second-order valence-electron chi connectivity index (χ2n) is 7.96. The van der Waals surface area contributed by atoms with E-state index in [2.05, 4.69) is 4.98 Å². The molecule has 3 aromatic rings. The lowest BCUT2D eigenvalue weighted by Crippen LogP contribution is -2.29. The summed E-state index contributed by atoms with van der Waals surface area (Å²) in [6, 6.07) is 13.4. The molecule has 1 unspecified atom stereocenters. The molecule has 2 heterocycles. The number of aliphatic hydroxyl groups is 1. The van der Waals surface area contributed by atoms with Crippen LogP contribution >= 0.6 is 0 Å². The van der Waals surface area contributed by atoms with Crippen LogP contribution in [0.4, 0.5) is 10.1 Å². The van der Waals surface area contributed by atoms with Gasteiger partial charge in [0, 0.05) is 23.6 Å². The number of ketones is 1. The van der Waals surface area contributed by atoms with E-state index < -0.39 is 35.3 Å². The third-order valence-electron chi connectivity index (χ3n) is 5.29. The van der Waals surface area contributed by atoms with Gasteiger partial charge in [0.1, 0.15) is 11.6 Å². The summed E-state index contributed by atoms with van der Waals surface area (Å²) in [7, 11) is 0. The molecule has 0 aliphatic carbocycles. The summed E-state index contributed by atoms with van der Waals surface area (Å²) in [6.07, 6.45) is 2.75. The molecule has 8 heteroatoms. The molecule has 1 fully saturated rings. The fraction of sp³-hybridized carbons (Fsp3) is 0.154. The van der Waals surface area contributed by atoms with Gasteiger partial charge in [-0.15, -0.1) is 0 Å². The molecule has 1 saturated heterocycles. The van der Waals surface area contributed by atoms with Crippen LogP contribution in [0, 0.1) is 5.82 Å². The normalized spacial score (nSPS) is 17.3. The van der Waals surface area contributed by atoms with E-state index in [1.165, 1.54) is 47.5 Å². The van der Waals surface area contributed by atoms with Crippen molar-refractivity contribution in [2.24, 2.45) is 0 Å². The Morgan fingerprint density at radius 1 is 1.03 bits per heavy atom. The van der Waals surface area contributed by atoms with E-state index in [4.69, 9.17) is 4.74 Å². The molecule has 1 amide bonds. The summed E-state index contributed by atoms with van der Waals surface area (Å²) in [5, 5.41) is 11.0. The first-order valence-electron chi connectivity index (χ1n) is 10.6. The number of anilines is 1. The summed E-state index contributed by atoms with van der Waals surface area (Å²) in [5.41, 5.74) is 1.18. The maximum Gasteiger partial charge on any atom is 0.338 e. The third-order valence-corrected chi connectivity index (χ3v) is 5.29. The number of Topliss-reactive ketones (excluding diaryl/α,β-unsaturated/α-hetero) is 1. The number of ether oxygens (including phenoxy) is 1. The van der Waals surface area contributed by atoms with E-state index in [0.29, 0.717) is 16.8 Å². The quantitative estimate of drug-likeness (QED) is 0.262. The average Bonchev–Trinajstić information content (AvgIpc) is 3.10. The van der Waals surface area contributed by atoms with Gasteiger partial charge in [0.25, 0.3) is 11.7 Å². The smallest absolute Gasteiger partial charge is 0.338 e. The van der Waals surface area contributed by atoms with Crippen molar-refractivity contribution in [2.45, 2.75) is 26.0 Å². The van der Waals surface area contributed by atoms with Gasteiger partial charge in [0.2, 0.25) is 0 Å². The number of halogens is 1. The summed E-state index contributed by atoms with van der Waals surface area (Å²) >= 11 is 0. The number of aromatic nitrogens is 1. The highest BCUT2D eigenvalue weighted by molar-refractivity contribution is 6.51. The van der Waals surface area contributed by atoms with Gasteiger partial charge >= 0.3 is 5.97 Å². The molecule has 34 heavy (non-hydrogen) atoms. The lowest BCUT2D eigenvalue weighted by molar-refractivity contribution is -0.132. The molecule has 0 bridgehead atoms.